The molecule has 4 rings (SSSR count). The normalized spacial score (nSPS) is 11.4. The summed E-state index contributed by atoms with van der Waals surface area (Å²) in [7, 11) is 0. The predicted octanol–water partition coefficient (Wildman–Crippen LogP) is 5.26. The van der Waals surface area contributed by atoms with Crippen LogP contribution in [0.25, 0.3) is 34.0 Å². The van der Waals surface area contributed by atoms with Crippen LogP contribution in [-0.4, -0.2) is 32.7 Å². The summed E-state index contributed by atoms with van der Waals surface area (Å²) < 4.78 is 10.8. The van der Waals surface area contributed by atoms with Gasteiger partial charge in [-0.1, -0.05) is 35.5 Å². The molecule has 0 aliphatic heterocycles. The molecule has 4 aromatic rings. The zero-order valence-corrected chi connectivity index (χ0v) is 18.5. The maximum Gasteiger partial charge on any atom is 0.317 e. The van der Waals surface area contributed by atoms with Gasteiger partial charge in [0.25, 0.3) is 0 Å². The number of esters is 1. The average molecular weight is 431 g/mol. The highest BCUT2D eigenvalue weighted by Gasteiger charge is 2.33. The van der Waals surface area contributed by atoms with Gasteiger partial charge in [0.1, 0.15) is 16.8 Å². The quantitative estimate of drug-likeness (QED) is 0.386. The monoisotopic (exact) mass is 430 g/mol. The Balaban J connectivity index is 0.00000306. The number of rotatable bonds is 6. The molecule has 0 atom stereocenters. The summed E-state index contributed by atoms with van der Waals surface area (Å²) in [6.07, 6.45) is 3.36. The Labute approximate surface area is 188 Å². The van der Waals surface area contributed by atoms with Crippen LogP contribution in [0.4, 0.5) is 0 Å². The van der Waals surface area contributed by atoms with Crippen molar-refractivity contribution in [1.82, 2.24) is 20.1 Å². The van der Waals surface area contributed by atoms with Crippen LogP contribution in [0.2, 0.25) is 0 Å². The highest BCUT2D eigenvalue weighted by Crippen LogP contribution is 2.30. The van der Waals surface area contributed by atoms with Crippen LogP contribution >= 0.6 is 0 Å². The van der Waals surface area contributed by atoms with E-state index in [1.807, 2.05) is 55.5 Å². The topological polar surface area (TPSA) is 91.0 Å². The standard InChI is InChI=1S/C25H24N4O3.H2/c1-5-31-24(30)25(3,4)22-13-18(11-12-26-22)20-15-27-16(2)23(28-20)21-14-19(29-32-21)17-9-7-6-8-10-17;/h6-15H,5H2,1-4H3;1H. The first kappa shape index (κ1) is 21.4. The van der Waals surface area contributed by atoms with E-state index in [2.05, 4.69) is 15.1 Å². The number of aryl methyl sites for hydroxylation is 1. The van der Waals surface area contributed by atoms with Crippen molar-refractivity contribution in [2.75, 3.05) is 6.61 Å². The summed E-state index contributed by atoms with van der Waals surface area (Å²) in [6.45, 7) is 7.56. The van der Waals surface area contributed by atoms with E-state index in [9.17, 15) is 4.79 Å². The number of hydrogen-bond acceptors (Lipinski definition) is 7. The van der Waals surface area contributed by atoms with Gasteiger partial charge in [-0.05, 0) is 39.8 Å². The Morgan fingerprint density at radius 3 is 2.59 bits per heavy atom. The highest BCUT2D eigenvalue weighted by atomic mass is 16.5. The van der Waals surface area contributed by atoms with E-state index in [-0.39, 0.29) is 7.40 Å². The molecule has 0 N–H and O–H groups in total. The highest BCUT2D eigenvalue weighted by molar-refractivity contribution is 5.82. The SMILES string of the molecule is CCOC(=O)C(C)(C)c1cc(-c2cnc(C)c(-c3cc(-c4ccccc4)no3)n2)ccn1.[HH]. The molecule has 0 saturated carbocycles. The Morgan fingerprint density at radius 1 is 1.06 bits per heavy atom. The predicted molar refractivity (Wildman–Crippen MR) is 123 cm³/mol. The van der Waals surface area contributed by atoms with Crippen molar-refractivity contribution in [3.05, 3.63) is 72.3 Å². The van der Waals surface area contributed by atoms with Gasteiger partial charge >= 0.3 is 5.97 Å². The lowest BCUT2D eigenvalue weighted by atomic mass is 9.88. The second-order valence-corrected chi connectivity index (χ2v) is 7.91. The van der Waals surface area contributed by atoms with E-state index in [1.165, 1.54) is 0 Å². The summed E-state index contributed by atoms with van der Waals surface area (Å²) in [5.41, 5.74) is 4.19. The molecule has 0 unspecified atom stereocenters. The fourth-order valence-corrected chi connectivity index (χ4v) is 3.30. The Hall–Kier alpha value is -3.87. The van der Waals surface area contributed by atoms with Crippen molar-refractivity contribution < 1.29 is 15.5 Å². The molecule has 0 saturated heterocycles. The summed E-state index contributed by atoms with van der Waals surface area (Å²) in [5.74, 6) is 0.215. The van der Waals surface area contributed by atoms with Gasteiger partial charge in [0.15, 0.2) is 5.76 Å². The van der Waals surface area contributed by atoms with Crippen LogP contribution in [0.1, 0.15) is 33.6 Å². The summed E-state index contributed by atoms with van der Waals surface area (Å²) in [6, 6.07) is 15.3. The fourth-order valence-electron chi connectivity index (χ4n) is 3.30. The first-order chi connectivity index (χ1) is 15.4. The number of nitrogens with zero attached hydrogens (tertiary/aromatic N) is 4. The van der Waals surface area contributed by atoms with Crippen LogP contribution in [0.5, 0.6) is 0 Å². The van der Waals surface area contributed by atoms with Gasteiger partial charge in [0, 0.05) is 24.8 Å². The third kappa shape index (κ3) is 4.14. The Bertz CT molecular complexity index is 1260. The van der Waals surface area contributed by atoms with Crippen LogP contribution in [-0.2, 0) is 14.9 Å². The third-order valence-corrected chi connectivity index (χ3v) is 5.25. The van der Waals surface area contributed by atoms with Gasteiger partial charge in [-0.2, -0.15) is 0 Å². The van der Waals surface area contributed by atoms with Gasteiger partial charge in [-0.15, -0.1) is 0 Å². The molecule has 0 spiro atoms. The molecule has 0 amide bonds. The van der Waals surface area contributed by atoms with E-state index in [0.29, 0.717) is 29.4 Å². The molecule has 7 nitrogen and oxygen atoms in total. The lowest BCUT2D eigenvalue weighted by molar-refractivity contribution is -0.148. The number of aromatic nitrogens is 4. The number of benzene rings is 1. The van der Waals surface area contributed by atoms with E-state index >= 15 is 0 Å². The maximum atomic E-state index is 12.4. The molecular weight excluding hydrogens is 404 g/mol. The maximum absolute atomic E-state index is 12.4. The Morgan fingerprint density at radius 2 is 1.84 bits per heavy atom. The second-order valence-electron chi connectivity index (χ2n) is 7.91. The molecule has 1 aromatic carbocycles. The first-order valence-electron chi connectivity index (χ1n) is 10.4. The summed E-state index contributed by atoms with van der Waals surface area (Å²) in [4.78, 5) is 26.1. The van der Waals surface area contributed by atoms with E-state index < -0.39 is 5.41 Å². The molecule has 3 aromatic heterocycles. The fraction of sp³-hybridized carbons (Fsp3) is 0.240. The first-order valence-corrected chi connectivity index (χ1v) is 10.4. The molecule has 0 radical (unpaired) electrons. The lowest BCUT2D eigenvalue weighted by Crippen LogP contribution is -2.32. The van der Waals surface area contributed by atoms with Crippen molar-refractivity contribution in [2.24, 2.45) is 0 Å². The number of carbonyl (C=O) groups is 1. The van der Waals surface area contributed by atoms with Gasteiger partial charge in [-0.3, -0.25) is 14.8 Å². The van der Waals surface area contributed by atoms with Crippen LogP contribution in [0, 0.1) is 6.92 Å². The second kappa shape index (κ2) is 8.70. The van der Waals surface area contributed by atoms with Gasteiger partial charge in [0.2, 0.25) is 0 Å². The van der Waals surface area contributed by atoms with Crippen LogP contribution in [0.15, 0.2) is 65.4 Å². The molecule has 0 bridgehead atoms. The van der Waals surface area contributed by atoms with Gasteiger partial charge in [0.05, 0.1) is 29.9 Å². The van der Waals surface area contributed by atoms with Crippen molar-refractivity contribution in [3.8, 4) is 34.0 Å². The molecule has 3 heterocycles. The van der Waals surface area contributed by atoms with E-state index in [1.54, 1.807) is 33.2 Å². The van der Waals surface area contributed by atoms with Crippen LogP contribution < -0.4 is 0 Å². The van der Waals surface area contributed by atoms with Gasteiger partial charge < -0.3 is 9.26 Å². The summed E-state index contributed by atoms with van der Waals surface area (Å²) >= 11 is 0. The minimum atomic E-state index is -0.886. The zero-order valence-electron chi connectivity index (χ0n) is 18.5. The zero-order chi connectivity index (χ0) is 22.7. The summed E-state index contributed by atoms with van der Waals surface area (Å²) in [5, 5.41) is 4.19. The number of pyridine rings is 1. The van der Waals surface area contributed by atoms with Crippen molar-refractivity contribution in [1.29, 1.82) is 0 Å². The van der Waals surface area contributed by atoms with E-state index in [0.717, 1.165) is 22.5 Å². The lowest BCUT2D eigenvalue weighted by Gasteiger charge is -2.22. The molecule has 0 aliphatic carbocycles. The molecule has 164 valence electrons. The molecule has 7 heteroatoms. The largest absolute Gasteiger partial charge is 0.465 e. The average Bonchev–Trinajstić information content (AvgIpc) is 3.30. The Kier molecular flexibility index (Phi) is 5.81. The van der Waals surface area contributed by atoms with Gasteiger partial charge in [-0.25, -0.2) is 4.98 Å². The molecule has 0 aliphatic rings. The number of carbonyl (C=O) groups excluding carboxylic acids is 1. The minimum Gasteiger partial charge on any atom is -0.465 e. The molecular formula is C25H26N4O3. The molecule has 0 fully saturated rings. The number of ether oxygens (including phenoxy) is 1. The minimum absolute atomic E-state index is 0. The smallest absolute Gasteiger partial charge is 0.317 e. The third-order valence-electron chi connectivity index (χ3n) is 5.25. The van der Waals surface area contributed by atoms with E-state index in [4.69, 9.17) is 14.2 Å². The molecule has 32 heavy (non-hydrogen) atoms. The van der Waals surface area contributed by atoms with Crippen molar-refractivity contribution in [3.63, 3.8) is 0 Å². The van der Waals surface area contributed by atoms with Crippen molar-refractivity contribution >= 4 is 5.97 Å². The van der Waals surface area contributed by atoms with Crippen molar-refractivity contribution in [2.45, 2.75) is 33.1 Å². The number of hydrogen-bond donors (Lipinski definition) is 0. The van der Waals surface area contributed by atoms with Crippen LogP contribution in [0.3, 0.4) is 0 Å².